The topological polar surface area (TPSA) is 85.2 Å². The lowest BCUT2D eigenvalue weighted by Gasteiger charge is -2.35. The van der Waals surface area contributed by atoms with Crippen molar-refractivity contribution < 1.29 is 27.9 Å². The zero-order valence-electron chi connectivity index (χ0n) is 17.2. The Kier molecular flexibility index (Phi) is 7.47. The Morgan fingerprint density at radius 1 is 0.969 bits per heavy atom. The number of para-hydroxylation sites is 1. The number of carbonyl (C=O) groups excluding carboxylic acids is 2. The first-order valence-corrected chi connectivity index (χ1v) is 10.00. The van der Waals surface area contributed by atoms with Crippen LogP contribution < -0.4 is 5.43 Å². The standard InChI is InChI=1S/C22H23F3N4O3/c23-22(24,25)19(26-27-21(32)17-8-4-5-9-18(17)30)14-20(31)29-12-10-28(11-13-29)15-16-6-2-1-3-7-16/h1-9,30H,10-15H2,(H,27,32)/b26-19-. The average Bonchev–Trinajstić information content (AvgIpc) is 2.77. The molecule has 0 aliphatic carbocycles. The highest BCUT2D eigenvalue weighted by Gasteiger charge is 2.38. The second-order valence-corrected chi connectivity index (χ2v) is 7.33. The molecule has 2 aromatic rings. The van der Waals surface area contributed by atoms with E-state index in [0.717, 1.165) is 5.56 Å². The molecule has 10 heteroatoms. The lowest BCUT2D eigenvalue weighted by atomic mass is 10.2. The molecular formula is C22H23F3N4O3. The summed E-state index contributed by atoms with van der Waals surface area (Å²) in [6.45, 7) is 2.41. The van der Waals surface area contributed by atoms with Crippen LogP contribution in [0.15, 0.2) is 59.7 Å². The van der Waals surface area contributed by atoms with Crippen LogP contribution in [0, 0.1) is 0 Å². The number of amides is 2. The Hall–Kier alpha value is -3.40. The van der Waals surface area contributed by atoms with E-state index in [1.54, 1.807) is 5.43 Å². The summed E-state index contributed by atoms with van der Waals surface area (Å²) in [4.78, 5) is 28.0. The number of piperazine rings is 1. The van der Waals surface area contributed by atoms with Gasteiger partial charge in [-0.3, -0.25) is 14.5 Å². The molecule has 170 valence electrons. The van der Waals surface area contributed by atoms with Gasteiger partial charge in [-0.1, -0.05) is 42.5 Å². The predicted molar refractivity (Wildman–Crippen MR) is 112 cm³/mol. The second-order valence-electron chi connectivity index (χ2n) is 7.33. The third-order valence-electron chi connectivity index (χ3n) is 5.06. The van der Waals surface area contributed by atoms with Crippen LogP contribution in [-0.2, 0) is 11.3 Å². The van der Waals surface area contributed by atoms with Crippen molar-refractivity contribution in [3.8, 4) is 5.75 Å². The van der Waals surface area contributed by atoms with Crippen molar-refractivity contribution >= 4 is 17.5 Å². The summed E-state index contributed by atoms with van der Waals surface area (Å²) in [5, 5.41) is 12.8. The predicted octanol–water partition coefficient (Wildman–Crippen LogP) is 2.77. The number of carbonyl (C=O) groups is 2. The van der Waals surface area contributed by atoms with E-state index < -0.39 is 35.9 Å². The minimum Gasteiger partial charge on any atom is -0.507 e. The van der Waals surface area contributed by atoms with E-state index in [0.29, 0.717) is 32.7 Å². The third kappa shape index (κ3) is 6.30. The minimum absolute atomic E-state index is 0.223. The Labute approximate surface area is 183 Å². The van der Waals surface area contributed by atoms with Gasteiger partial charge in [-0.2, -0.15) is 18.3 Å². The molecule has 1 heterocycles. The number of rotatable bonds is 6. The molecule has 1 aliphatic rings. The normalized spacial score (nSPS) is 15.5. The van der Waals surface area contributed by atoms with Gasteiger partial charge in [0, 0.05) is 32.7 Å². The first-order valence-electron chi connectivity index (χ1n) is 10.00. The molecule has 0 spiro atoms. The number of phenols is 1. The number of halogens is 3. The fraction of sp³-hybridized carbons (Fsp3) is 0.318. The maximum Gasteiger partial charge on any atom is 0.431 e. The zero-order chi connectivity index (χ0) is 23.1. The SMILES string of the molecule is O=C(N/N=C(/CC(=O)N1CCN(Cc2ccccc2)CC1)C(F)(F)F)c1ccccc1O. The van der Waals surface area contributed by atoms with Gasteiger partial charge in [0.05, 0.1) is 12.0 Å². The molecule has 0 bridgehead atoms. The number of hydrazone groups is 1. The van der Waals surface area contributed by atoms with E-state index in [1.807, 2.05) is 30.3 Å². The first-order chi connectivity index (χ1) is 15.2. The molecule has 2 amide bonds. The summed E-state index contributed by atoms with van der Waals surface area (Å²) in [6.07, 6.45) is -5.87. The number of nitrogens with zero attached hydrogens (tertiary/aromatic N) is 3. The van der Waals surface area contributed by atoms with Crippen molar-refractivity contribution in [1.29, 1.82) is 0 Å². The van der Waals surface area contributed by atoms with E-state index >= 15 is 0 Å². The Morgan fingerprint density at radius 2 is 1.59 bits per heavy atom. The van der Waals surface area contributed by atoms with Crippen LogP contribution in [0.1, 0.15) is 22.3 Å². The molecule has 0 aromatic heterocycles. The fourth-order valence-electron chi connectivity index (χ4n) is 3.30. The van der Waals surface area contributed by atoms with Crippen molar-refractivity contribution in [2.75, 3.05) is 26.2 Å². The van der Waals surface area contributed by atoms with E-state index in [9.17, 15) is 27.9 Å². The van der Waals surface area contributed by atoms with Crippen LogP contribution in [0.25, 0.3) is 0 Å². The number of phenolic OH excluding ortho intramolecular Hbond substituents is 1. The summed E-state index contributed by atoms with van der Waals surface area (Å²) in [5.74, 6) is -2.11. The number of alkyl halides is 3. The van der Waals surface area contributed by atoms with Gasteiger partial charge < -0.3 is 10.0 Å². The van der Waals surface area contributed by atoms with Crippen LogP contribution in [-0.4, -0.2) is 64.8 Å². The van der Waals surface area contributed by atoms with E-state index in [4.69, 9.17) is 0 Å². The van der Waals surface area contributed by atoms with Crippen LogP contribution in [0.2, 0.25) is 0 Å². The van der Waals surface area contributed by atoms with Gasteiger partial charge in [-0.05, 0) is 17.7 Å². The lowest BCUT2D eigenvalue weighted by Crippen LogP contribution is -2.49. The molecule has 2 aromatic carbocycles. The van der Waals surface area contributed by atoms with Crippen molar-refractivity contribution in [3.05, 3.63) is 65.7 Å². The van der Waals surface area contributed by atoms with E-state index in [2.05, 4.69) is 10.0 Å². The fourth-order valence-corrected chi connectivity index (χ4v) is 3.30. The highest BCUT2D eigenvalue weighted by atomic mass is 19.4. The number of hydrogen-bond acceptors (Lipinski definition) is 5. The monoisotopic (exact) mass is 448 g/mol. The highest BCUT2D eigenvalue weighted by Crippen LogP contribution is 2.21. The van der Waals surface area contributed by atoms with Crippen LogP contribution in [0.5, 0.6) is 5.75 Å². The van der Waals surface area contributed by atoms with Gasteiger partial charge in [-0.25, -0.2) is 5.43 Å². The molecule has 32 heavy (non-hydrogen) atoms. The van der Waals surface area contributed by atoms with Crippen LogP contribution in [0.3, 0.4) is 0 Å². The van der Waals surface area contributed by atoms with Crippen molar-refractivity contribution in [1.82, 2.24) is 15.2 Å². The molecule has 1 saturated heterocycles. The largest absolute Gasteiger partial charge is 0.507 e. The quantitative estimate of drug-likeness (QED) is 0.526. The maximum atomic E-state index is 13.4. The van der Waals surface area contributed by atoms with Gasteiger partial charge in [-0.15, -0.1) is 0 Å². The molecule has 0 saturated carbocycles. The van der Waals surface area contributed by atoms with Gasteiger partial charge in [0.1, 0.15) is 5.75 Å². The molecule has 0 radical (unpaired) electrons. The van der Waals surface area contributed by atoms with Gasteiger partial charge >= 0.3 is 6.18 Å². The molecule has 0 atom stereocenters. The molecule has 7 nitrogen and oxygen atoms in total. The van der Waals surface area contributed by atoms with Crippen molar-refractivity contribution in [2.45, 2.75) is 19.1 Å². The number of aromatic hydroxyl groups is 1. The number of nitrogens with one attached hydrogen (secondary N) is 1. The Morgan fingerprint density at radius 3 is 2.22 bits per heavy atom. The summed E-state index contributed by atoms with van der Waals surface area (Å²) in [7, 11) is 0. The third-order valence-corrected chi connectivity index (χ3v) is 5.06. The molecule has 0 unspecified atom stereocenters. The number of hydrogen-bond donors (Lipinski definition) is 2. The average molecular weight is 448 g/mol. The second kappa shape index (κ2) is 10.3. The molecule has 3 rings (SSSR count). The van der Waals surface area contributed by atoms with Crippen LogP contribution >= 0.6 is 0 Å². The molecule has 1 fully saturated rings. The van der Waals surface area contributed by atoms with Crippen molar-refractivity contribution in [2.24, 2.45) is 5.10 Å². The number of benzene rings is 2. The molecular weight excluding hydrogens is 425 g/mol. The van der Waals surface area contributed by atoms with Crippen LogP contribution in [0.4, 0.5) is 13.2 Å². The summed E-state index contributed by atoms with van der Waals surface area (Å²) < 4.78 is 40.1. The summed E-state index contributed by atoms with van der Waals surface area (Å²) in [6, 6.07) is 15.2. The smallest absolute Gasteiger partial charge is 0.431 e. The maximum absolute atomic E-state index is 13.4. The molecule has 1 aliphatic heterocycles. The highest BCUT2D eigenvalue weighted by molar-refractivity contribution is 6.05. The summed E-state index contributed by atoms with van der Waals surface area (Å²) in [5.41, 5.74) is 1.28. The lowest BCUT2D eigenvalue weighted by molar-refractivity contribution is -0.132. The Balaban J connectivity index is 1.57. The van der Waals surface area contributed by atoms with E-state index in [1.165, 1.54) is 29.2 Å². The summed E-state index contributed by atoms with van der Waals surface area (Å²) >= 11 is 0. The van der Waals surface area contributed by atoms with Gasteiger partial charge in [0.25, 0.3) is 5.91 Å². The molecule has 2 N–H and O–H groups in total. The zero-order valence-corrected chi connectivity index (χ0v) is 17.2. The first kappa shape index (κ1) is 23.3. The van der Waals surface area contributed by atoms with Gasteiger partial charge in [0.15, 0.2) is 5.71 Å². The minimum atomic E-state index is -4.89. The van der Waals surface area contributed by atoms with Crippen molar-refractivity contribution in [3.63, 3.8) is 0 Å². The van der Waals surface area contributed by atoms with E-state index in [-0.39, 0.29) is 5.56 Å². The Bertz CT molecular complexity index is 972. The van der Waals surface area contributed by atoms with Gasteiger partial charge in [0.2, 0.25) is 5.91 Å².